The maximum Gasteiger partial charge on any atom is 0.243 e. The lowest BCUT2D eigenvalue weighted by molar-refractivity contribution is -0.118. The lowest BCUT2D eigenvalue weighted by Crippen LogP contribution is -2.49. The van der Waals surface area contributed by atoms with Crippen LogP contribution in [0.25, 0.3) is 0 Å². The number of rotatable bonds is 4. The lowest BCUT2D eigenvalue weighted by atomic mass is 10.00. The van der Waals surface area contributed by atoms with E-state index in [0.717, 1.165) is 48.0 Å². The molecule has 0 N–H and O–H groups in total. The zero-order chi connectivity index (χ0) is 24.0. The van der Waals surface area contributed by atoms with Gasteiger partial charge in [-0.15, -0.1) is 10.2 Å². The molecule has 2 fully saturated rings. The van der Waals surface area contributed by atoms with Crippen molar-refractivity contribution in [1.29, 1.82) is 0 Å². The zero-order valence-electron chi connectivity index (χ0n) is 20.0. The SMILES string of the molecule is O=C1CCc2cc(S(=O)(=O)N3CCN(c4ccc(N5CCCCCC5)nn4)CC3)cc3c2N1CC3. The minimum Gasteiger partial charge on any atom is -0.355 e. The summed E-state index contributed by atoms with van der Waals surface area (Å²) in [6.07, 6.45) is 6.73. The van der Waals surface area contributed by atoms with Crippen LogP contribution in [0.2, 0.25) is 0 Å². The summed E-state index contributed by atoms with van der Waals surface area (Å²) in [5, 5.41) is 8.95. The number of sulfonamides is 1. The molecule has 0 aliphatic carbocycles. The van der Waals surface area contributed by atoms with Crippen molar-refractivity contribution in [2.45, 2.75) is 49.8 Å². The molecule has 0 unspecified atom stereocenters. The summed E-state index contributed by atoms with van der Waals surface area (Å²) in [6.45, 7) is 4.70. The Hall–Kier alpha value is -2.72. The standard InChI is InChI=1S/C25H32N6O3S/c32-24-8-5-19-17-21(18-20-9-12-31(24)25(19)20)35(33,34)30-15-13-29(14-16-30)23-7-6-22(26-27-23)28-10-3-1-2-4-11-28/h6-7,17-18H,1-5,8-16H2. The van der Waals surface area contributed by atoms with Crippen molar-refractivity contribution in [3.63, 3.8) is 0 Å². The van der Waals surface area contributed by atoms with E-state index in [2.05, 4.69) is 20.0 Å². The third kappa shape index (κ3) is 4.16. The summed E-state index contributed by atoms with van der Waals surface area (Å²) in [5.41, 5.74) is 2.91. The second kappa shape index (κ2) is 9.05. The molecule has 0 saturated carbocycles. The van der Waals surface area contributed by atoms with Crippen LogP contribution in [0.5, 0.6) is 0 Å². The van der Waals surface area contributed by atoms with Crippen LogP contribution in [-0.4, -0.2) is 74.6 Å². The highest BCUT2D eigenvalue weighted by molar-refractivity contribution is 7.89. The highest BCUT2D eigenvalue weighted by atomic mass is 32.2. The van der Waals surface area contributed by atoms with Crippen molar-refractivity contribution in [1.82, 2.24) is 14.5 Å². The van der Waals surface area contributed by atoms with Crippen LogP contribution >= 0.6 is 0 Å². The molecule has 186 valence electrons. The summed E-state index contributed by atoms with van der Waals surface area (Å²) in [5.74, 6) is 1.87. The van der Waals surface area contributed by atoms with Gasteiger partial charge in [-0.1, -0.05) is 12.8 Å². The number of amides is 1. The van der Waals surface area contributed by atoms with Gasteiger partial charge in [-0.3, -0.25) is 4.79 Å². The largest absolute Gasteiger partial charge is 0.355 e. The second-order valence-electron chi connectivity index (χ2n) is 9.93. The average Bonchev–Trinajstić information content (AvgIpc) is 3.14. The molecule has 0 radical (unpaired) electrons. The summed E-state index contributed by atoms with van der Waals surface area (Å²) in [7, 11) is -3.59. The molecule has 5 heterocycles. The van der Waals surface area contributed by atoms with Crippen LogP contribution in [0.3, 0.4) is 0 Å². The van der Waals surface area contributed by atoms with E-state index in [1.165, 1.54) is 25.7 Å². The van der Waals surface area contributed by atoms with Gasteiger partial charge in [-0.25, -0.2) is 8.42 Å². The highest BCUT2D eigenvalue weighted by Gasteiger charge is 2.35. The smallest absolute Gasteiger partial charge is 0.243 e. The van der Waals surface area contributed by atoms with E-state index in [-0.39, 0.29) is 5.91 Å². The molecule has 0 spiro atoms. The van der Waals surface area contributed by atoms with E-state index in [1.807, 2.05) is 17.0 Å². The minimum absolute atomic E-state index is 0.144. The van der Waals surface area contributed by atoms with Crippen molar-refractivity contribution in [3.8, 4) is 0 Å². The molecule has 0 bridgehead atoms. The second-order valence-corrected chi connectivity index (χ2v) is 11.9. The number of carbonyl (C=O) groups excluding carboxylic acids is 1. The van der Waals surface area contributed by atoms with Crippen LogP contribution in [-0.2, 0) is 27.7 Å². The normalized spacial score (nSPS) is 21.3. The fraction of sp³-hybridized carbons (Fsp3) is 0.560. The van der Waals surface area contributed by atoms with Gasteiger partial charge in [-0.05, 0) is 61.1 Å². The molecule has 10 heteroatoms. The van der Waals surface area contributed by atoms with Crippen molar-refractivity contribution in [2.24, 2.45) is 0 Å². The van der Waals surface area contributed by atoms with E-state index in [0.29, 0.717) is 50.5 Å². The van der Waals surface area contributed by atoms with Gasteiger partial charge in [-0.2, -0.15) is 4.31 Å². The Labute approximate surface area is 206 Å². The molecular formula is C25H32N6O3S. The number of carbonyl (C=O) groups is 1. The Morgan fingerprint density at radius 2 is 1.29 bits per heavy atom. The molecule has 2 aromatic rings. The maximum absolute atomic E-state index is 13.5. The molecule has 35 heavy (non-hydrogen) atoms. The Morgan fingerprint density at radius 1 is 0.686 bits per heavy atom. The Balaban J connectivity index is 1.14. The molecule has 1 amide bonds. The van der Waals surface area contributed by atoms with E-state index in [1.54, 1.807) is 16.4 Å². The molecule has 2 saturated heterocycles. The zero-order valence-corrected chi connectivity index (χ0v) is 20.8. The van der Waals surface area contributed by atoms with Gasteiger partial charge in [0.25, 0.3) is 0 Å². The van der Waals surface area contributed by atoms with Gasteiger partial charge in [0.05, 0.1) is 10.6 Å². The van der Waals surface area contributed by atoms with Gasteiger partial charge in [0.15, 0.2) is 11.6 Å². The maximum atomic E-state index is 13.5. The molecular weight excluding hydrogens is 464 g/mol. The summed E-state index contributed by atoms with van der Waals surface area (Å²) in [4.78, 5) is 18.8. The lowest BCUT2D eigenvalue weighted by Gasteiger charge is -2.35. The first-order chi connectivity index (χ1) is 17.0. The van der Waals surface area contributed by atoms with Crippen molar-refractivity contribution in [2.75, 3.05) is 60.5 Å². The summed E-state index contributed by atoms with van der Waals surface area (Å²) < 4.78 is 28.6. The van der Waals surface area contributed by atoms with Gasteiger partial charge in [0.2, 0.25) is 15.9 Å². The fourth-order valence-corrected chi connectivity index (χ4v) is 7.36. The van der Waals surface area contributed by atoms with Crippen LogP contribution in [0.4, 0.5) is 17.3 Å². The van der Waals surface area contributed by atoms with E-state index in [9.17, 15) is 13.2 Å². The first-order valence-corrected chi connectivity index (χ1v) is 14.2. The molecule has 1 aromatic carbocycles. The Morgan fingerprint density at radius 3 is 1.91 bits per heavy atom. The predicted octanol–water partition coefficient (Wildman–Crippen LogP) is 2.20. The number of hydrogen-bond donors (Lipinski definition) is 0. The van der Waals surface area contributed by atoms with Gasteiger partial charge in [0.1, 0.15) is 0 Å². The first kappa shape index (κ1) is 22.7. The average molecular weight is 497 g/mol. The highest BCUT2D eigenvalue weighted by Crippen LogP contribution is 2.39. The number of piperazine rings is 1. The quantitative estimate of drug-likeness (QED) is 0.641. The summed E-state index contributed by atoms with van der Waals surface area (Å²) >= 11 is 0. The molecule has 4 aliphatic heterocycles. The monoisotopic (exact) mass is 496 g/mol. The van der Waals surface area contributed by atoms with Gasteiger partial charge >= 0.3 is 0 Å². The van der Waals surface area contributed by atoms with Crippen molar-refractivity contribution in [3.05, 3.63) is 35.4 Å². The topological polar surface area (TPSA) is 90.0 Å². The Bertz CT molecular complexity index is 1220. The van der Waals surface area contributed by atoms with Crippen molar-refractivity contribution < 1.29 is 13.2 Å². The molecule has 1 aromatic heterocycles. The Kier molecular flexibility index (Phi) is 5.88. The molecule has 4 aliphatic rings. The number of hydrogen-bond acceptors (Lipinski definition) is 7. The molecule has 6 rings (SSSR count). The van der Waals surface area contributed by atoms with E-state index in [4.69, 9.17) is 0 Å². The van der Waals surface area contributed by atoms with Gasteiger partial charge < -0.3 is 14.7 Å². The number of benzene rings is 1. The third-order valence-electron chi connectivity index (χ3n) is 7.79. The predicted molar refractivity (Wildman–Crippen MR) is 135 cm³/mol. The fourth-order valence-electron chi connectivity index (χ4n) is 5.84. The number of anilines is 3. The number of nitrogens with zero attached hydrogens (tertiary/aromatic N) is 6. The minimum atomic E-state index is -3.59. The van der Waals surface area contributed by atoms with Crippen LogP contribution in [0.1, 0.15) is 43.2 Å². The number of aromatic nitrogens is 2. The van der Waals surface area contributed by atoms with Gasteiger partial charge in [0, 0.05) is 52.2 Å². The number of aryl methyl sites for hydroxylation is 1. The third-order valence-corrected chi connectivity index (χ3v) is 9.67. The molecule has 9 nitrogen and oxygen atoms in total. The van der Waals surface area contributed by atoms with E-state index < -0.39 is 10.0 Å². The first-order valence-electron chi connectivity index (χ1n) is 12.8. The van der Waals surface area contributed by atoms with Crippen LogP contribution in [0, 0.1) is 0 Å². The van der Waals surface area contributed by atoms with Crippen LogP contribution < -0.4 is 14.7 Å². The van der Waals surface area contributed by atoms with Crippen molar-refractivity contribution >= 4 is 33.3 Å². The summed E-state index contributed by atoms with van der Waals surface area (Å²) in [6, 6.07) is 7.63. The molecule has 0 atom stereocenters. The van der Waals surface area contributed by atoms with E-state index >= 15 is 0 Å². The van der Waals surface area contributed by atoms with Crippen LogP contribution in [0.15, 0.2) is 29.2 Å².